The van der Waals surface area contributed by atoms with Gasteiger partial charge in [-0.05, 0) is 42.0 Å². The van der Waals surface area contributed by atoms with Crippen molar-refractivity contribution in [2.24, 2.45) is 0 Å². The van der Waals surface area contributed by atoms with Crippen LogP contribution in [-0.4, -0.2) is 17.1 Å². The summed E-state index contributed by atoms with van der Waals surface area (Å²) in [6.45, 7) is 5.02. The number of anilines is 1. The molecule has 4 heteroatoms. The zero-order valence-electron chi connectivity index (χ0n) is 12.3. The number of aromatic hydroxyl groups is 1. The molecular weight excluding hydrogens is 264 g/mol. The van der Waals surface area contributed by atoms with Gasteiger partial charge in [-0.1, -0.05) is 26.0 Å². The summed E-state index contributed by atoms with van der Waals surface area (Å²) in [6, 6.07) is 14.4. The summed E-state index contributed by atoms with van der Waals surface area (Å²) in [5, 5.41) is 15.4. The van der Waals surface area contributed by atoms with Crippen molar-refractivity contribution in [3.8, 4) is 5.75 Å². The molecule has 0 aliphatic carbocycles. The number of rotatable bonds is 5. The maximum absolute atomic E-state index is 12.0. The van der Waals surface area contributed by atoms with Crippen molar-refractivity contribution in [3.63, 3.8) is 0 Å². The molecule has 0 aliphatic heterocycles. The van der Waals surface area contributed by atoms with E-state index in [0.29, 0.717) is 11.6 Å². The van der Waals surface area contributed by atoms with Crippen molar-refractivity contribution in [3.05, 3.63) is 59.7 Å². The first kappa shape index (κ1) is 15.1. The number of phenols is 1. The smallest absolute Gasteiger partial charge is 0.255 e. The minimum absolute atomic E-state index is 0.147. The van der Waals surface area contributed by atoms with Crippen LogP contribution >= 0.6 is 0 Å². The summed E-state index contributed by atoms with van der Waals surface area (Å²) in [4.78, 5) is 12.0. The minimum Gasteiger partial charge on any atom is -0.508 e. The zero-order chi connectivity index (χ0) is 15.2. The molecule has 2 rings (SSSR count). The number of hydrogen-bond donors (Lipinski definition) is 3. The van der Waals surface area contributed by atoms with Gasteiger partial charge in [0, 0.05) is 23.8 Å². The van der Waals surface area contributed by atoms with Gasteiger partial charge in [-0.25, -0.2) is 0 Å². The maximum Gasteiger partial charge on any atom is 0.255 e. The van der Waals surface area contributed by atoms with E-state index in [1.807, 2.05) is 24.3 Å². The summed E-state index contributed by atoms with van der Waals surface area (Å²) in [6.07, 6.45) is 0. The Morgan fingerprint density at radius 1 is 1.05 bits per heavy atom. The van der Waals surface area contributed by atoms with Crippen LogP contribution in [-0.2, 0) is 6.54 Å². The average molecular weight is 284 g/mol. The fourth-order valence-corrected chi connectivity index (χ4v) is 1.84. The second kappa shape index (κ2) is 6.90. The first-order chi connectivity index (χ1) is 10.0. The third kappa shape index (κ3) is 4.61. The van der Waals surface area contributed by atoms with Crippen LogP contribution < -0.4 is 10.6 Å². The molecule has 1 amide bonds. The van der Waals surface area contributed by atoms with Gasteiger partial charge in [0.25, 0.3) is 5.91 Å². The van der Waals surface area contributed by atoms with Crippen molar-refractivity contribution in [2.45, 2.75) is 26.4 Å². The van der Waals surface area contributed by atoms with Crippen molar-refractivity contribution < 1.29 is 9.90 Å². The lowest BCUT2D eigenvalue weighted by Crippen LogP contribution is -2.21. The number of phenolic OH excluding ortho intramolecular Hbond substituents is 1. The lowest BCUT2D eigenvalue weighted by molar-refractivity contribution is 0.102. The van der Waals surface area contributed by atoms with Crippen LogP contribution in [0.15, 0.2) is 48.5 Å². The number of benzene rings is 2. The van der Waals surface area contributed by atoms with E-state index in [-0.39, 0.29) is 11.7 Å². The van der Waals surface area contributed by atoms with Crippen LogP contribution in [0.4, 0.5) is 5.69 Å². The molecule has 0 aliphatic rings. The second-order valence-corrected chi connectivity index (χ2v) is 5.23. The van der Waals surface area contributed by atoms with Crippen LogP contribution in [0.2, 0.25) is 0 Å². The molecule has 21 heavy (non-hydrogen) atoms. The van der Waals surface area contributed by atoms with Gasteiger partial charge < -0.3 is 15.7 Å². The Morgan fingerprint density at radius 3 is 2.24 bits per heavy atom. The molecule has 0 bridgehead atoms. The topological polar surface area (TPSA) is 61.4 Å². The molecule has 0 heterocycles. The monoisotopic (exact) mass is 284 g/mol. The van der Waals surface area contributed by atoms with Gasteiger partial charge in [-0.15, -0.1) is 0 Å². The fraction of sp³-hybridized carbons (Fsp3) is 0.235. The predicted octanol–water partition coefficient (Wildman–Crippen LogP) is 3.14. The lowest BCUT2D eigenvalue weighted by Gasteiger charge is -2.09. The molecule has 0 unspecified atom stereocenters. The zero-order valence-corrected chi connectivity index (χ0v) is 12.3. The number of amides is 1. The normalized spacial score (nSPS) is 10.6. The lowest BCUT2D eigenvalue weighted by atomic mass is 10.1. The SMILES string of the molecule is CC(C)NCc1ccc(NC(=O)c2ccc(O)cc2)cc1. The van der Waals surface area contributed by atoms with Crippen LogP contribution in [0.25, 0.3) is 0 Å². The van der Waals surface area contributed by atoms with E-state index >= 15 is 0 Å². The molecule has 0 aromatic heterocycles. The van der Waals surface area contributed by atoms with Crippen molar-refractivity contribution >= 4 is 11.6 Å². The molecule has 2 aromatic rings. The van der Waals surface area contributed by atoms with Crippen LogP contribution in [0.3, 0.4) is 0 Å². The van der Waals surface area contributed by atoms with Crippen LogP contribution in [0.1, 0.15) is 29.8 Å². The molecule has 3 N–H and O–H groups in total. The van der Waals surface area contributed by atoms with Gasteiger partial charge in [0.1, 0.15) is 5.75 Å². The summed E-state index contributed by atoms with van der Waals surface area (Å²) < 4.78 is 0. The van der Waals surface area contributed by atoms with E-state index < -0.39 is 0 Å². The molecule has 0 saturated heterocycles. The molecular formula is C17H20N2O2. The highest BCUT2D eigenvalue weighted by Crippen LogP contribution is 2.14. The van der Waals surface area contributed by atoms with E-state index in [0.717, 1.165) is 12.2 Å². The average Bonchev–Trinajstić information content (AvgIpc) is 2.47. The Labute approximate surface area is 124 Å². The third-order valence-corrected chi connectivity index (χ3v) is 3.06. The van der Waals surface area contributed by atoms with Crippen molar-refractivity contribution in [1.29, 1.82) is 0 Å². The van der Waals surface area contributed by atoms with E-state index in [2.05, 4.69) is 24.5 Å². The molecule has 110 valence electrons. The van der Waals surface area contributed by atoms with Crippen LogP contribution in [0.5, 0.6) is 5.75 Å². The standard InChI is InChI=1S/C17H20N2O2/c1-12(2)18-11-13-3-7-15(8-4-13)19-17(21)14-5-9-16(20)10-6-14/h3-10,12,18,20H,11H2,1-2H3,(H,19,21). The van der Waals surface area contributed by atoms with Crippen LogP contribution in [0, 0.1) is 0 Å². The van der Waals surface area contributed by atoms with Gasteiger partial charge in [0.05, 0.1) is 0 Å². The highest BCUT2D eigenvalue weighted by Gasteiger charge is 2.06. The number of hydrogen-bond acceptors (Lipinski definition) is 3. The number of nitrogens with one attached hydrogen (secondary N) is 2. The van der Waals surface area contributed by atoms with E-state index in [4.69, 9.17) is 0 Å². The molecule has 0 saturated carbocycles. The second-order valence-electron chi connectivity index (χ2n) is 5.23. The molecule has 4 nitrogen and oxygen atoms in total. The van der Waals surface area contributed by atoms with Gasteiger partial charge in [0.15, 0.2) is 0 Å². The Balaban J connectivity index is 1.96. The largest absolute Gasteiger partial charge is 0.508 e. The first-order valence-electron chi connectivity index (χ1n) is 6.97. The van der Waals surface area contributed by atoms with E-state index in [1.165, 1.54) is 17.7 Å². The third-order valence-electron chi connectivity index (χ3n) is 3.06. The van der Waals surface area contributed by atoms with Gasteiger partial charge in [-0.2, -0.15) is 0 Å². The highest BCUT2D eigenvalue weighted by molar-refractivity contribution is 6.04. The number of carbonyl (C=O) groups is 1. The van der Waals surface area contributed by atoms with E-state index in [1.54, 1.807) is 12.1 Å². The van der Waals surface area contributed by atoms with Gasteiger partial charge >= 0.3 is 0 Å². The Morgan fingerprint density at radius 2 is 1.67 bits per heavy atom. The summed E-state index contributed by atoms with van der Waals surface area (Å²) in [5.74, 6) is -0.0448. The summed E-state index contributed by atoms with van der Waals surface area (Å²) >= 11 is 0. The molecule has 0 radical (unpaired) electrons. The Hall–Kier alpha value is -2.33. The van der Waals surface area contributed by atoms with Gasteiger partial charge in [-0.3, -0.25) is 4.79 Å². The number of carbonyl (C=O) groups excluding carboxylic acids is 1. The summed E-state index contributed by atoms with van der Waals surface area (Å²) in [7, 11) is 0. The Bertz CT molecular complexity index is 589. The summed E-state index contributed by atoms with van der Waals surface area (Å²) in [5.41, 5.74) is 2.44. The Kier molecular flexibility index (Phi) is 4.95. The highest BCUT2D eigenvalue weighted by atomic mass is 16.3. The molecule has 0 atom stereocenters. The molecule has 2 aromatic carbocycles. The predicted molar refractivity (Wildman–Crippen MR) is 84.5 cm³/mol. The first-order valence-corrected chi connectivity index (χ1v) is 6.97. The van der Waals surface area contributed by atoms with Crippen molar-refractivity contribution in [2.75, 3.05) is 5.32 Å². The van der Waals surface area contributed by atoms with Gasteiger partial charge in [0.2, 0.25) is 0 Å². The quantitative estimate of drug-likeness (QED) is 0.790. The minimum atomic E-state index is -0.192. The fourth-order valence-electron chi connectivity index (χ4n) is 1.84. The van der Waals surface area contributed by atoms with E-state index in [9.17, 15) is 9.90 Å². The molecule has 0 spiro atoms. The molecule has 0 fully saturated rings. The maximum atomic E-state index is 12.0. The van der Waals surface area contributed by atoms with Crippen molar-refractivity contribution in [1.82, 2.24) is 5.32 Å².